The van der Waals surface area contributed by atoms with Crippen LogP contribution in [0.3, 0.4) is 0 Å². The van der Waals surface area contributed by atoms with Gasteiger partial charge in [0, 0.05) is 36.5 Å². The summed E-state index contributed by atoms with van der Waals surface area (Å²) >= 11 is 0. The number of hydrogen-bond acceptors (Lipinski definition) is 4. The van der Waals surface area contributed by atoms with Crippen molar-refractivity contribution in [2.45, 2.75) is 38.2 Å². The van der Waals surface area contributed by atoms with Crippen molar-refractivity contribution in [1.29, 1.82) is 0 Å². The molecule has 1 fully saturated rings. The summed E-state index contributed by atoms with van der Waals surface area (Å²) in [5.74, 6) is 0. The molecule has 0 radical (unpaired) electrons. The molecule has 1 aliphatic heterocycles. The number of nitro benzene ring substituents is 1. The number of nitro groups is 1. The number of hydrogen-bond donors (Lipinski definition) is 1. The number of nitrogens with zero attached hydrogens (tertiary/aromatic N) is 2. The maximum Gasteiger partial charge on any atom is 0.270 e. The summed E-state index contributed by atoms with van der Waals surface area (Å²) in [4.78, 5) is 11.8. The van der Waals surface area contributed by atoms with Crippen molar-refractivity contribution in [2.24, 2.45) is 0 Å². The van der Waals surface area contributed by atoms with Gasteiger partial charge in [0.2, 0.25) is 0 Å². The molecule has 1 saturated heterocycles. The fraction of sp³-hybridized carbons (Fsp3) is 0.571. The summed E-state index contributed by atoms with van der Waals surface area (Å²) < 4.78 is 26.4. The summed E-state index contributed by atoms with van der Waals surface area (Å²) in [6.45, 7) is 2.73. The van der Waals surface area contributed by atoms with Gasteiger partial charge in [0.1, 0.15) is 0 Å². The molecule has 21 heavy (non-hydrogen) atoms. The Bertz CT molecular complexity index is 535. The maximum atomic E-state index is 13.2. The van der Waals surface area contributed by atoms with Gasteiger partial charge in [-0.25, -0.2) is 8.78 Å². The van der Waals surface area contributed by atoms with Gasteiger partial charge < -0.3 is 10.0 Å². The molecule has 0 aromatic heterocycles. The van der Waals surface area contributed by atoms with E-state index in [-0.39, 0.29) is 11.3 Å². The largest absolute Gasteiger partial charge is 0.390 e. The normalized spacial score (nSPS) is 23.2. The van der Waals surface area contributed by atoms with Crippen LogP contribution >= 0.6 is 0 Å². The highest BCUT2D eigenvalue weighted by atomic mass is 19.3. The standard InChI is InChI=1S/C14H18F2N2O3/c1-14(19)5-2-7-17(8-6-14)12-4-3-10(18(20)21)9-11(12)13(15)16/h3-4,9,13,19H,2,5-8H2,1H3. The van der Waals surface area contributed by atoms with Crippen LogP contribution in [0.15, 0.2) is 18.2 Å². The van der Waals surface area contributed by atoms with E-state index in [1.165, 1.54) is 12.1 Å². The van der Waals surface area contributed by atoms with Crippen LogP contribution < -0.4 is 4.90 Å². The zero-order valence-corrected chi connectivity index (χ0v) is 11.8. The maximum absolute atomic E-state index is 13.2. The van der Waals surface area contributed by atoms with Gasteiger partial charge in [-0.1, -0.05) is 0 Å². The lowest BCUT2D eigenvalue weighted by Crippen LogP contribution is -2.28. The van der Waals surface area contributed by atoms with Crippen molar-refractivity contribution in [1.82, 2.24) is 0 Å². The quantitative estimate of drug-likeness (QED) is 0.687. The highest BCUT2D eigenvalue weighted by molar-refractivity contribution is 5.58. The smallest absolute Gasteiger partial charge is 0.270 e. The molecular formula is C14H18F2N2O3. The van der Waals surface area contributed by atoms with Crippen molar-refractivity contribution in [3.05, 3.63) is 33.9 Å². The molecule has 1 atom stereocenters. The first kappa shape index (κ1) is 15.6. The van der Waals surface area contributed by atoms with Crippen LogP contribution in [0.2, 0.25) is 0 Å². The molecule has 116 valence electrons. The van der Waals surface area contributed by atoms with Gasteiger partial charge in [0.05, 0.1) is 10.5 Å². The number of halogens is 2. The van der Waals surface area contributed by atoms with E-state index >= 15 is 0 Å². The van der Waals surface area contributed by atoms with Gasteiger partial charge in [-0.3, -0.25) is 10.1 Å². The second-order valence-corrected chi connectivity index (χ2v) is 5.64. The van der Waals surface area contributed by atoms with Crippen molar-refractivity contribution in [2.75, 3.05) is 18.0 Å². The summed E-state index contributed by atoms with van der Waals surface area (Å²) in [6, 6.07) is 3.55. The summed E-state index contributed by atoms with van der Waals surface area (Å²) in [5, 5.41) is 20.8. The fourth-order valence-electron chi connectivity index (χ4n) is 2.62. The lowest BCUT2D eigenvalue weighted by Gasteiger charge is -2.26. The van der Waals surface area contributed by atoms with Crippen molar-refractivity contribution >= 4 is 11.4 Å². The fourth-order valence-corrected chi connectivity index (χ4v) is 2.62. The number of non-ortho nitro benzene ring substituents is 1. The predicted octanol–water partition coefficient (Wildman–Crippen LogP) is 3.27. The Labute approximate surface area is 121 Å². The van der Waals surface area contributed by atoms with E-state index in [2.05, 4.69) is 0 Å². The molecule has 0 saturated carbocycles. The zero-order valence-electron chi connectivity index (χ0n) is 11.8. The first-order valence-electron chi connectivity index (χ1n) is 6.84. The van der Waals surface area contributed by atoms with Gasteiger partial charge >= 0.3 is 0 Å². The van der Waals surface area contributed by atoms with Crippen LogP contribution in [0.25, 0.3) is 0 Å². The van der Waals surface area contributed by atoms with E-state index in [1.807, 2.05) is 0 Å². The summed E-state index contributed by atoms with van der Waals surface area (Å²) in [7, 11) is 0. The monoisotopic (exact) mass is 300 g/mol. The highest BCUT2D eigenvalue weighted by Gasteiger charge is 2.27. The highest BCUT2D eigenvalue weighted by Crippen LogP contribution is 2.35. The lowest BCUT2D eigenvalue weighted by molar-refractivity contribution is -0.385. The molecule has 7 heteroatoms. The van der Waals surface area contributed by atoms with Crippen molar-refractivity contribution < 1.29 is 18.8 Å². The Morgan fingerprint density at radius 2 is 2.10 bits per heavy atom. The van der Waals surface area contributed by atoms with Crippen LogP contribution in [0.5, 0.6) is 0 Å². The van der Waals surface area contributed by atoms with Gasteiger partial charge in [0.25, 0.3) is 12.1 Å². The third-order valence-electron chi connectivity index (χ3n) is 3.86. The van der Waals surface area contributed by atoms with E-state index in [1.54, 1.807) is 11.8 Å². The van der Waals surface area contributed by atoms with Crippen LogP contribution in [0, 0.1) is 10.1 Å². The Morgan fingerprint density at radius 1 is 1.38 bits per heavy atom. The summed E-state index contributed by atoms with van der Waals surface area (Å²) in [5.41, 5.74) is -1.14. The first-order chi connectivity index (χ1) is 9.80. The average molecular weight is 300 g/mol. The topological polar surface area (TPSA) is 66.6 Å². The SMILES string of the molecule is CC1(O)CCCN(c2ccc([N+](=O)[O-])cc2C(F)F)CC1. The summed E-state index contributed by atoms with van der Waals surface area (Å²) in [6.07, 6.45) is -0.997. The van der Waals surface area contributed by atoms with E-state index in [9.17, 15) is 24.0 Å². The minimum Gasteiger partial charge on any atom is -0.390 e. The van der Waals surface area contributed by atoms with Gasteiger partial charge in [-0.15, -0.1) is 0 Å². The third-order valence-corrected chi connectivity index (χ3v) is 3.86. The molecule has 5 nitrogen and oxygen atoms in total. The minimum atomic E-state index is -2.77. The Kier molecular flexibility index (Phi) is 4.41. The van der Waals surface area contributed by atoms with Gasteiger partial charge in [-0.05, 0) is 32.3 Å². The minimum absolute atomic E-state index is 0.313. The van der Waals surface area contributed by atoms with Crippen molar-refractivity contribution in [3.8, 4) is 0 Å². The molecule has 1 aromatic carbocycles. The Hall–Kier alpha value is -1.76. The molecule has 1 aliphatic rings. The molecule has 1 unspecified atom stereocenters. The van der Waals surface area contributed by atoms with Crippen LogP contribution in [0.4, 0.5) is 20.2 Å². The van der Waals surface area contributed by atoms with E-state index in [0.29, 0.717) is 38.0 Å². The first-order valence-corrected chi connectivity index (χ1v) is 6.84. The average Bonchev–Trinajstić information content (AvgIpc) is 2.59. The molecule has 1 heterocycles. The van der Waals surface area contributed by atoms with E-state index in [0.717, 1.165) is 6.07 Å². The van der Waals surface area contributed by atoms with Crippen molar-refractivity contribution in [3.63, 3.8) is 0 Å². The van der Waals surface area contributed by atoms with E-state index < -0.39 is 16.9 Å². The zero-order chi connectivity index (χ0) is 15.6. The van der Waals surface area contributed by atoms with E-state index in [4.69, 9.17) is 0 Å². The second-order valence-electron chi connectivity index (χ2n) is 5.64. The van der Waals surface area contributed by atoms with Gasteiger partial charge in [0.15, 0.2) is 0 Å². The van der Waals surface area contributed by atoms with Crippen LogP contribution in [-0.2, 0) is 0 Å². The molecule has 0 amide bonds. The van der Waals surface area contributed by atoms with Crippen LogP contribution in [0.1, 0.15) is 38.2 Å². The molecule has 0 aliphatic carbocycles. The molecular weight excluding hydrogens is 282 g/mol. The Morgan fingerprint density at radius 3 is 2.71 bits per heavy atom. The van der Waals surface area contributed by atoms with Crippen LogP contribution in [-0.4, -0.2) is 28.7 Å². The second kappa shape index (κ2) is 5.93. The van der Waals surface area contributed by atoms with Gasteiger partial charge in [-0.2, -0.15) is 0 Å². The number of aliphatic hydroxyl groups is 1. The predicted molar refractivity (Wildman–Crippen MR) is 74.7 cm³/mol. The molecule has 1 N–H and O–H groups in total. The number of rotatable bonds is 3. The molecule has 1 aromatic rings. The molecule has 2 rings (SSSR count). The number of anilines is 1. The lowest BCUT2D eigenvalue weighted by atomic mass is 9.98. The number of benzene rings is 1. The number of alkyl halides is 2. The Balaban J connectivity index is 2.32. The molecule has 0 bridgehead atoms. The molecule has 0 spiro atoms. The third kappa shape index (κ3) is 3.66.